The van der Waals surface area contributed by atoms with E-state index < -0.39 is 0 Å². The molecule has 1 aromatic rings. The fourth-order valence-electron chi connectivity index (χ4n) is 0.902. The van der Waals surface area contributed by atoms with Gasteiger partial charge in [-0.3, -0.25) is 4.79 Å². The van der Waals surface area contributed by atoms with Gasteiger partial charge in [-0.25, -0.2) is 0 Å². The van der Waals surface area contributed by atoms with Crippen molar-refractivity contribution in [3.63, 3.8) is 0 Å². The van der Waals surface area contributed by atoms with Gasteiger partial charge in [0.1, 0.15) is 6.33 Å². The number of aromatic nitrogens is 3. The van der Waals surface area contributed by atoms with Crippen LogP contribution in [0.25, 0.3) is 0 Å². The van der Waals surface area contributed by atoms with Crippen LogP contribution >= 0.6 is 11.8 Å². The highest BCUT2D eigenvalue weighted by molar-refractivity contribution is 7.99. The van der Waals surface area contributed by atoms with Crippen LogP contribution in [0.2, 0.25) is 0 Å². The number of nitrogens with one attached hydrogen (secondary N) is 1. The van der Waals surface area contributed by atoms with E-state index in [2.05, 4.69) is 29.4 Å². The van der Waals surface area contributed by atoms with E-state index in [0.29, 0.717) is 11.7 Å². The summed E-state index contributed by atoms with van der Waals surface area (Å²) in [6.45, 7) is 4.85. The number of carbonyl (C=O) groups excluding carboxylic acids is 1. The molecule has 1 N–H and O–H groups in total. The van der Waals surface area contributed by atoms with Gasteiger partial charge in [-0.1, -0.05) is 25.6 Å². The molecule has 0 bridgehead atoms. The Bertz CT molecular complexity index is 324. The number of nitrogens with zero attached hydrogens (tertiary/aromatic N) is 3. The molecule has 1 aromatic heterocycles. The van der Waals surface area contributed by atoms with Gasteiger partial charge in [0.05, 0.1) is 5.75 Å². The van der Waals surface area contributed by atoms with Crippen molar-refractivity contribution in [2.75, 3.05) is 12.3 Å². The summed E-state index contributed by atoms with van der Waals surface area (Å²) in [6.07, 6.45) is 1.62. The molecule has 0 aliphatic heterocycles. The minimum absolute atomic E-state index is 0.0386. The normalized spacial score (nSPS) is 10.7. The Hall–Kier alpha value is -1.04. The number of hydrogen-bond donors (Lipinski definition) is 1. The number of hydrogen-bond acceptors (Lipinski definition) is 4. The molecule has 0 aliphatic carbocycles. The van der Waals surface area contributed by atoms with Crippen molar-refractivity contribution < 1.29 is 4.79 Å². The summed E-state index contributed by atoms with van der Waals surface area (Å²) in [7, 11) is 1.86. The first-order chi connectivity index (χ1) is 7.09. The molecule has 0 aliphatic rings. The molecule has 0 unspecified atom stereocenters. The fraction of sp³-hybridized carbons (Fsp3) is 0.667. The highest BCUT2D eigenvalue weighted by Crippen LogP contribution is 2.12. The molecule has 5 nitrogen and oxygen atoms in total. The summed E-state index contributed by atoms with van der Waals surface area (Å²) < 4.78 is 1.79. The van der Waals surface area contributed by atoms with Crippen LogP contribution in [0.5, 0.6) is 0 Å². The number of rotatable bonds is 5. The second kappa shape index (κ2) is 5.75. The van der Waals surface area contributed by atoms with Crippen molar-refractivity contribution >= 4 is 17.7 Å². The molecule has 1 rings (SSSR count). The monoisotopic (exact) mass is 228 g/mol. The Morgan fingerprint density at radius 3 is 2.93 bits per heavy atom. The zero-order valence-corrected chi connectivity index (χ0v) is 10.0. The Morgan fingerprint density at radius 1 is 1.67 bits per heavy atom. The van der Waals surface area contributed by atoms with Gasteiger partial charge in [0.2, 0.25) is 5.91 Å². The van der Waals surface area contributed by atoms with E-state index in [9.17, 15) is 4.79 Å². The van der Waals surface area contributed by atoms with Crippen LogP contribution in [0.4, 0.5) is 0 Å². The van der Waals surface area contributed by atoms with E-state index in [4.69, 9.17) is 0 Å². The highest BCUT2D eigenvalue weighted by atomic mass is 32.2. The highest BCUT2D eigenvalue weighted by Gasteiger charge is 2.06. The fourth-order valence-corrected chi connectivity index (χ4v) is 1.62. The molecule has 15 heavy (non-hydrogen) atoms. The van der Waals surface area contributed by atoms with Gasteiger partial charge in [0.15, 0.2) is 5.16 Å². The molecular weight excluding hydrogens is 212 g/mol. The first-order valence-electron chi connectivity index (χ1n) is 4.83. The van der Waals surface area contributed by atoms with Crippen LogP contribution in [-0.2, 0) is 11.8 Å². The third-order valence-corrected chi connectivity index (χ3v) is 2.74. The topological polar surface area (TPSA) is 59.8 Å². The Labute approximate surface area is 93.6 Å². The number of amides is 1. The van der Waals surface area contributed by atoms with Crippen molar-refractivity contribution in [1.82, 2.24) is 20.1 Å². The third-order valence-electron chi connectivity index (χ3n) is 1.71. The predicted molar refractivity (Wildman–Crippen MR) is 59.6 cm³/mol. The van der Waals surface area contributed by atoms with Gasteiger partial charge in [-0.2, -0.15) is 0 Å². The lowest BCUT2D eigenvalue weighted by Crippen LogP contribution is -2.28. The molecule has 0 spiro atoms. The quantitative estimate of drug-likeness (QED) is 0.753. The SMILES string of the molecule is CC(C)CNC(=O)CSc1nncn1C. The summed E-state index contributed by atoms with van der Waals surface area (Å²) >= 11 is 1.39. The average Bonchev–Trinajstić information content (AvgIpc) is 2.58. The number of aryl methyl sites for hydroxylation is 1. The van der Waals surface area contributed by atoms with E-state index in [-0.39, 0.29) is 5.91 Å². The summed E-state index contributed by atoms with van der Waals surface area (Å²) in [5, 5.41) is 11.2. The molecule has 0 saturated carbocycles. The van der Waals surface area contributed by atoms with Crippen LogP contribution in [0, 0.1) is 5.92 Å². The molecule has 0 aromatic carbocycles. The Morgan fingerprint density at radius 2 is 2.40 bits per heavy atom. The van der Waals surface area contributed by atoms with Crippen molar-refractivity contribution in [2.24, 2.45) is 13.0 Å². The summed E-state index contributed by atoms with van der Waals surface area (Å²) in [5.41, 5.74) is 0. The summed E-state index contributed by atoms with van der Waals surface area (Å²) in [5.74, 6) is 0.907. The first kappa shape index (κ1) is 12.0. The minimum Gasteiger partial charge on any atom is -0.355 e. The Kier molecular flexibility index (Phi) is 4.61. The third kappa shape index (κ3) is 4.33. The number of carbonyl (C=O) groups is 1. The van der Waals surface area contributed by atoms with Gasteiger partial charge >= 0.3 is 0 Å². The lowest BCUT2D eigenvalue weighted by Gasteiger charge is -2.06. The molecule has 0 fully saturated rings. The van der Waals surface area contributed by atoms with E-state index in [0.717, 1.165) is 11.7 Å². The first-order valence-corrected chi connectivity index (χ1v) is 5.81. The molecule has 1 heterocycles. The lowest BCUT2D eigenvalue weighted by molar-refractivity contribution is -0.118. The summed E-state index contributed by atoms with van der Waals surface area (Å²) in [4.78, 5) is 11.4. The zero-order chi connectivity index (χ0) is 11.3. The maximum atomic E-state index is 11.4. The molecule has 0 radical (unpaired) electrons. The molecule has 0 saturated heterocycles. The average molecular weight is 228 g/mol. The Balaban J connectivity index is 2.26. The lowest BCUT2D eigenvalue weighted by atomic mass is 10.2. The van der Waals surface area contributed by atoms with E-state index >= 15 is 0 Å². The van der Waals surface area contributed by atoms with Crippen LogP contribution in [0.1, 0.15) is 13.8 Å². The van der Waals surface area contributed by atoms with Gasteiger partial charge < -0.3 is 9.88 Å². The van der Waals surface area contributed by atoms with Gasteiger partial charge in [0, 0.05) is 13.6 Å². The second-order valence-corrected chi connectivity index (χ2v) is 4.65. The molecule has 6 heteroatoms. The van der Waals surface area contributed by atoms with Crippen molar-refractivity contribution in [3.05, 3.63) is 6.33 Å². The molecule has 1 amide bonds. The minimum atomic E-state index is 0.0386. The van der Waals surface area contributed by atoms with Crippen LogP contribution in [-0.4, -0.2) is 33.0 Å². The van der Waals surface area contributed by atoms with Gasteiger partial charge in [0.25, 0.3) is 0 Å². The second-order valence-electron chi connectivity index (χ2n) is 3.71. The van der Waals surface area contributed by atoms with Gasteiger partial charge in [-0.05, 0) is 5.92 Å². The smallest absolute Gasteiger partial charge is 0.230 e. The standard InChI is InChI=1S/C9H16N4OS/c1-7(2)4-10-8(14)5-15-9-12-11-6-13(9)3/h6-7H,4-5H2,1-3H3,(H,10,14). The van der Waals surface area contributed by atoms with E-state index in [1.807, 2.05) is 7.05 Å². The van der Waals surface area contributed by atoms with Crippen molar-refractivity contribution in [2.45, 2.75) is 19.0 Å². The number of thioether (sulfide) groups is 1. The van der Waals surface area contributed by atoms with Gasteiger partial charge in [-0.15, -0.1) is 10.2 Å². The maximum Gasteiger partial charge on any atom is 0.230 e. The summed E-state index contributed by atoms with van der Waals surface area (Å²) in [6, 6.07) is 0. The molecule has 0 atom stereocenters. The van der Waals surface area contributed by atoms with Crippen LogP contribution in [0.3, 0.4) is 0 Å². The van der Waals surface area contributed by atoms with Crippen molar-refractivity contribution in [3.8, 4) is 0 Å². The van der Waals surface area contributed by atoms with Crippen LogP contribution < -0.4 is 5.32 Å². The maximum absolute atomic E-state index is 11.4. The molecule has 84 valence electrons. The zero-order valence-electron chi connectivity index (χ0n) is 9.23. The van der Waals surface area contributed by atoms with Crippen LogP contribution in [0.15, 0.2) is 11.5 Å². The predicted octanol–water partition coefficient (Wildman–Crippen LogP) is 0.679. The molecular formula is C9H16N4OS. The largest absolute Gasteiger partial charge is 0.355 e. The van der Waals surface area contributed by atoms with E-state index in [1.165, 1.54) is 11.8 Å². The van der Waals surface area contributed by atoms with E-state index in [1.54, 1.807) is 10.9 Å². The van der Waals surface area contributed by atoms with Crippen molar-refractivity contribution in [1.29, 1.82) is 0 Å².